The van der Waals surface area contributed by atoms with Gasteiger partial charge in [0.1, 0.15) is 5.75 Å². The molecule has 1 heterocycles. The number of amides is 1. The van der Waals surface area contributed by atoms with Crippen molar-refractivity contribution in [3.8, 4) is 5.75 Å². The van der Waals surface area contributed by atoms with E-state index in [0.717, 1.165) is 37.4 Å². The number of carbonyl (C=O) groups is 1. The van der Waals surface area contributed by atoms with Crippen LogP contribution in [-0.2, 0) is 22.5 Å². The molecule has 0 aliphatic carbocycles. The van der Waals surface area contributed by atoms with Crippen LogP contribution < -0.4 is 4.90 Å². The van der Waals surface area contributed by atoms with E-state index in [0.29, 0.717) is 13.0 Å². The third-order valence-electron chi connectivity index (χ3n) is 4.45. The van der Waals surface area contributed by atoms with E-state index in [1.165, 1.54) is 5.69 Å². The standard InChI is InChI=1S/C20H24N2O3/c1-21(20(24)14-16-4-8-19(23)9-5-16)15-17-2-6-18(7-3-17)22-10-12-25-13-11-22/h2-9,23H,10-15H2,1H3. The Hall–Kier alpha value is -2.53. The second-order valence-corrected chi connectivity index (χ2v) is 6.36. The molecule has 1 fully saturated rings. The number of likely N-dealkylation sites (N-methyl/N-ethyl adjacent to an activating group) is 1. The van der Waals surface area contributed by atoms with Gasteiger partial charge < -0.3 is 19.6 Å². The van der Waals surface area contributed by atoms with Crippen molar-refractivity contribution in [1.82, 2.24) is 4.90 Å². The first-order valence-electron chi connectivity index (χ1n) is 8.55. The molecule has 0 unspecified atom stereocenters. The van der Waals surface area contributed by atoms with Gasteiger partial charge in [0.25, 0.3) is 0 Å². The molecule has 5 nitrogen and oxygen atoms in total. The number of benzene rings is 2. The summed E-state index contributed by atoms with van der Waals surface area (Å²) in [7, 11) is 1.82. The first-order valence-corrected chi connectivity index (χ1v) is 8.55. The average Bonchev–Trinajstić information content (AvgIpc) is 2.65. The van der Waals surface area contributed by atoms with Crippen LogP contribution in [0, 0.1) is 0 Å². The Bertz CT molecular complexity index is 692. The molecule has 132 valence electrons. The SMILES string of the molecule is CN(Cc1ccc(N2CCOCC2)cc1)C(=O)Cc1ccc(O)cc1. The van der Waals surface area contributed by atoms with Gasteiger partial charge in [0.15, 0.2) is 0 Å². The zero-order valence-corrected chi connectivity index (χ0v) is 14.5. The van der Waals surface area contributed by atoms with Crippen LogP contribution in [0.25, 0.3) is 0 Å². The molecule has 0 atom stereocenters. The van der Waals surface area contributed by atoms with Gasteiger partial charge in [-0.05, 0) is 35.4 Å². The number of carbonyl (C=O) groups excluding carboxylic acids is 1. The van der Waals surface area contributed by atoms with Crippen LogP contribution in [0.5, 0.6) is 5.75 Å². The van der Waals surface area contributed by atoms with E-state index in [-0.39, 0.29) is 11.7 Å². The maximum atomic E-state index is 12.4. The van der Waals surface area contributed by atoms with E-state index in [9.17, 15) is 9.90 Å². The van der Waals surface area contributed by atoms with Crippen molar-refractivity contribution in [3.05, 3.63) is 59.7 Å². The fourth-order valence-electron chi connectivity index (χ4n) is 2.92. The van der Waals surface area contributed by atoms with Crippen LogP contribution in [-0.4, -0.2) is 49.3 Å². The van der Waals surface area contributed by atoms with Gasteiger partial charge in [0.05, 0.1) is 19.6 Å². The number of phenols is 1. The quantitative estimate of drug-likeness (QED) is 0.908. The van der Waals surface area contributed by atoms with E-state index in [2.05, 4.69) is 29.2 Å². The lowest BCUT2D eigenvalue weighted by Gasteiger charge is -2.29. The summed E-state index contributed by atoms with van der Waals surface area (Å²) in [4.78, 5) is 16.4. The predicted molar refractivity (Wildman–Crippen MR) is 97.8 cm³/mol. The summed E-state index contributed by atoms with van der Waals surface area (Å²) < 4.78 is 5.38. The number of ether oxygens (including phenoxy) is 1. The highest BCUT2D eigenvalue weighted by atomic mass is 16.5. The number of phenolic OH excluding ortho intramolecular Hbond substituents is 1. The van der Waals surface area contributed by atoms with Gasteiger partial charge in [-0.2, -0.15) is 0 Å². The fourth-order valence-corrected chi connectivity index (χ4v) is 2.92. The minimum absolute atomic E-state index is 0.0583. The lowest BCUT2D eigenvalue weighted by Crippen LogP contribution is -2.36. The number of hydrogen-bond acceptors (Lipinski definition) is 4. The highest BCUT2D eigenvalue weighted by molar-refractivity contribution is 5.78. The van der Waals surface area contributed by atoms with E-state index in [1.54, 1.807) is 29.2 Å². The van der Waals surface area contributed by atoms with Gasteiger partial charge in [0.2, 0.25) is 5.91 Å². The molecular weight excluding hydrogens is 316 g/mol. The summed E-state index contributed by atoms with van der Waals surface area (Å²) in [5.74, 6) is 0.271. The van der Waals surface area contributed by atoms with E-state index >= 15 is 0 Å². The second-order valence-electron chi connectivity index (χ2n) is 6.36. The van der Waals surface area contributed by atoms with Crippen LogP contribution in [0.1, 0.15) is 11.1 Å². The van der Waals surface area contributed by atoms with Crippen molar-refractivity contribution in [3.63, 3.8) is 0 Å². The Morgan fingerprint density at radius 3 is 2.28 bits per heavy atom. The summed E-state index contributed by atoms with van der Waals surface area (Å²) in [6, 6.07) is 15.1. The van der Waals surface area contributed by atoms with Crippen molar-refractivity contribution in [1.29, 1.82) is 0 Å². The van der Waals surface area contributed by atoms with Crippen molar-refractivity contribution in [2.75, 3.05) is 38.3 Å². The lowest BCUT2D eigenvalue weighted by atomic mass is 10.1. The number of morpholine rings is 1. The van der Waals surface area contributed by atoms with Crippen molar-refractivity contribution >= 4 is 11.6 Å². The van der Waals surface area contributed by atoms with Crippen molar-refractivity contribution in [2.24, 2.45) is 0 Å². The Morgan fingerprint density at radius 2 is 1.64 bits per heavy atom. The van der Waals surface area contributed by atoms with Crippen LogP contribution in [0.2, 0.25) is 0 Å². The van der Waals surface area contributed by atoms with Crippen LogP contribution >= 0.6 is 0 Å². The molecule has 25 heavy (non-hydrogen) atoms. The molecule has 1 amide bonds. The second kappa shape index (κ2) is 8.03. The Morgan fingerprint density at radius 1 is 1.04 bits per heavy atom. The Labute approximate surface area is 148 Å². The zero-order valence-electron chi connectivity index (χ0n) is 14.5. The van der Waals surface area contributed by atoms with E-state index in [1.807, 2.05) is 7.05 Å². The van der Waals surface area contributed by atoms with Gasteiger partial charge in [-0.3, -0.25) is 4.79 Å². The largest absolute Gasteiger partial charge is 0.508 e. The average molecular weight is 340 g/mol. The highest BCUT2D eigenvalue weighted by Crippen LogP contribution is 2.18. The van der Waals surface area contributed by atoms with Gasteiger partial charge in [-0.15, -0.1) is 0 Å². The number of nitrogens with zero attached hydrogens (tertiary/aromatic N) is 2. The first-order chi connectivity index (χ1) is 12.1. The summed E-state index contributed by atoms with van der Waals surface area (Å²) >= 11 is 0. The monoisotopic (exact) mass is 340 g/mol. The topological polar surface area (TPSA) is 53.0 Å². The third kappa shape index (κ3) is 4.73. The highest BCUT2D eigenvalue weighted by Gasteiger charge is 2.13. The molecule has 0 spiro atoms. The van der Waals surface area contributed by atoms with Gasteiger partial charge >= 0.3 is 0 Å². The zero-order chi connectivity index (χ0) is 17.6. The molecule has 2 aromatic rings. The van der Waals surface area contributed by atoms with Crippen molar-refractivity contribution < 1.29 is 14.6 Å². The molecular formula is C20H24N2O3. The van der Waals surface area contributed by atoms with Crippen LogP contribution in [0.4, 0.5) is 5.69 Å². The molecule has 2 aromatic carbocycles. The van der Waals surface area contributed by atoms with E-state index < -0.39 is 0 Å². The molecule has 1 saturated heterocycles. The fraction of sp³-hybridized carbons (Fsp3) is 0.350. The number of anilines is 1. The molecule has 5 heteroatoms. The summed E-state index contributed by atoms with van der Waals surface area (Å²) in [5.41, 5.74) is 3.21. The normalized spacial score (nSPS) is 14.4. The first kappa shape index (κ1) is 17.3. The molecule has 0 radical (unpaired) electrons. The summed E-state index contributed by atoms with van der Waals surface area (Å²) in [6.07, 6.45) is 0.336. The minimum atomic E-state index is 0.0583. The molecule has 0 aromatic heterocycles. The van der Waals surface area contributed by atoms with Crippen LogP contribution in [0.15, 0.2) is 48.5 Å². The number of hydrogen-bond donors (Lipinski definition) is 1. The number of aromatic hydroxyl groups is 1. The lowest BCUT2D eigenvalue weighted by molar-refractivity contribution is -0.129. The molecule has 1 aliphatic rings. The molecule has 1 N–H and O–H groups in total. The van der Waals surface area contributed by atoms with E-state index in [4.69, 9.17) is 4.74 Å². The predicted octanol–water partition coefficient (Wildman–Crippen LogP) is 2.43. The molecule has 1 aliphatic heterocycles. The summed E-state index contributed by atoms with van der Waals surface area (Å²) in [5, 5.41) is 9.31. The van der Waals surface area contributed by atoms with Gasteiger partial charge in [-0.25, -0.2) is 0 Å². The van der Waals surface area contributed by atoms with Crippen LogP contribution in [0.3, 0.4) is 0 Å². The molecule has 0 saturated carbocycles. The van der Waals surface area contributed by atoms with Crippen molar-refractivity contribution in [2.45, 2.75) is 13.0 Å². The summed E-state index contributed by atoms with van der Waals surface area (Å²) in [6.45, 7) is 3.97. The maximum Gasteiger partial charge on any atom is 0.227 e. The van der Waals surface area contributed by atoms with Gasteiger partial charge in [0, 0.05) is 32.4 Å². The Kier molecular flexibility index (Phi) is 5.56. The third-order valence-corrected chi connectivity index (χ3v) is 4.45. The Balaban J connectivity index is 1.55. The van der Waals surface area contributed by atoms with Gasteiger partial charge in [-0.1, -0.05) is 24.3 Å². The minimum Gasteiger partial charge on any atom is -0.508 e. The smallest absolute Gasteiger partial charge is 0.227 e. The molecule has 0 bridgehead atoms. The maximum absolute atomic E-state index is 12.4. The number of rotatable bonds is 5. The molecule has 3 rings (SSSR count).